The molecule has 0 spiro atoms. The Hall–Kier alpha value is -2.31. The fourth-order valence-corrected chi connectivity index (χ4v) is 2.67. The van der Waals surface area contributed by atoms with E-state index in [1.807, 2.05) is 0 Å². The summed E-state index contributed by atoms with van der Waals surface area (Å²) in [6, 6.07) is 6.87. The number of aryl methyl sites for hydroxylation is 1. The molecule has 0 heterocycles. The molecule has 130 valence electrons. The highest BCUT2D eigenvalue weighted by molar-refractivity contribution is 6.00. The van der Waals surface area contributed by atoms with Crippen LogP contribution in [0.15, 0.2) is 35.5 Å². The van der Waals surface area contributed by atoms with Crippen LogP contribution < -0.4 is 10.9 Å². The van der Waals surface area contributed by atoms with Crippen molar-refractivity contribution in [3.05, 3.63) is 46.7 Å². The standard InChI is InChI=1S/C17H19F3N2O2/c1-11-7-5-6-8-12(11)16(24)22-21-14-10-4-2-3-9-13(14)15(23)17(18,19)20/h5-8,21H,2-4,9-10H2,1H3,(H,22,24). The third-order valence-electron chi connectivity index (χ3n) is 3.97. The van der Waals surface area contributed by atoms with Gasteiger partial charge in [0.1, 0.15) is 0 Å². The molecule has 1 aliphatic carbocycles. The average molecular weight is 340 g/mol. The number of benzene rings is 1. The lowest BCUT2D eigenvalue weighted by molar-refractivity contribution is -0.166. The summed E-state index contributed by atoms with van der Waals surface area (Å²) < 4.78 is 38.3. The van der Waals surface area contributed by atoms with Crippen molar-refractivity contribution >= 4 is 11.7 Å². The number of hydrogen-bond donors (Lipinski definition) is 2. The van der Waals surface area contributed by atoms with Gasteiger partial charge in [0.05, 0.1) is 0 Å². The first kappa shape index (κ1) is 18.0. The Labute approximate surface area is 138 Å². The maximum absolute atomic E-state index is 12.8. The van der Waals surface area contributed by atoms with Crippen molar-refractivity contribution < 1.29 is 22.8 Å². The summed E-state index contributed by atoms with van der Waals surface area (Å²) >= 11 is 0. The zero-order chi connectivity index (χ0) is 17.7. The Balaban J connectivity index is 2.17. The normalized spacial score (nSPS) is 15.7. The first-order valence-corrected chi connectivity index (χ1v) is 7.76. The molecular formula is C17H19F3N2O2. The van der Waals surface area contributed by atoms with Crippen LogP contribution in [-0.4, -0.2) is 17.9 Å². The van der Waals surface area contributed by atoms with Gasteiger partial charge in [0.2, 0.25) is 0 Å². The van der Waals surface area contributed by atoms with Crippen LogP contribution in [0.2, 0.25) is 0 Å². The Kier molecular flexibility index (Phi) is 5.64. The molecular weight excluding hydrogens is 321 g/mol. The maximum atomic E-state index is 12.8. The second-order valence-electron chi connectivity index (χ2n) is 5.74. The summed E-state index contributed by atoms with van der Waals surface area (Å²) in [7, 11) is 0. The van der Waals surface area contributed by atoms with Crippen LogP contribution >= 0.6 is 0 Å². The van der Waals surface area contributed by atoms with Gasteiger partial charge in [-0.25, -0.2) is 0 Å². The first-order chi connectivity index (χ1) is 11.3. The number of nitrogens with one attached hydrogen (secondary N) is 2. The van der Waals surface area contributed by atoms with Gasteiger partial charge in [-0.2, -0.15) is 13.2 Å². The van der Waals surface area contributed by atoms with Gasteiger partial charge < -0.3 is 5.43 Å². The van der Waals surface area contributed by atoms with E-state index in [4.69, 9.17) is 0 Å². The molecule has 0 aliphatic heterocycles. The summed E-state index contributed by atoms with van der Waals surface area (Å²) in [6.07, 6.45) is -2.63. The quantitative estimate of drug-likeness (QED) is 0.824. The van der Waals surface area contributed by atoms with Gasteiger partial charge in [0.25, 0.3) is 11.7 Å². The highest BCUT2D eigenvalue weighted by atomic mass is 19.4. The Morgan fingerprint density at radius 3 is 2.38 bits per heavy atom. The minimum atomic E-state index is -4.91. The van der Waals surface area contributed by atoms with Crippen molar-refractivity contribution in [2.75, 3.05) is 0 Å². The number of rotatable bonds is 4. The molecule has 2 rings (SSSR count). The smallest absolute Gasteiger partial charge is 0.302 e. The molecule has 24 heavy (non-hydrogen) atoms. The van der Waals surface area contributed by atoms with Gasteiger partial charge in [-0.15, -0.1) is 0 Å². The van der Waals surface area contributed by atoms with E-state index >= 15 is 0 Å². The van der Waals surface area contributed by atoms with E-state index in [2.05, 4.69) is 10.9 Å². The van der Waals surface area contributed by atoms with Crippen LogP contribution in [0.3, 0.4) is 0 Å². The number of carbonyl (C=O) groups excluding carboxylic acids is 2. The van der Waals surface area contributed by atoms with E-state index < -0.39 is 17.9 Å². The van der Waals surface area contributed by atoms with Crippen LogP contribution in [0.1, 0.15) is 48.0 Å². The van der Waals surface area contributed by atoms with E-state index in [0.717, 1.165) is 12.0 Å². The van der Waals surface area contributed by atoms with Crippen molar-refractivity contribution in [3.8, 4) is 0 Å². The lowest BCUT2D eigenvalue weighted by Gasteiger charge is -2.16. The Bertz CT molecular complexity index is 666. The summed E-state index contributed by atoms with van der Waals surface area (Å²) in [5.41, 5.74) is 5.99. The predicted octanol–water partition coefficient (Wildman–Crippen LogP) is 3.58. The van der Waals surface area contributed by atoms with E-state index in [0.29, 0.717) is 24.8 Å². The fraction of sp³-hybridized carbons (Fsp3) is 0.412. The van der Waals surface area contributed by atoms with Crippen molar-refractivity contribution in [2.24, 2.45) is 0 Å². The van der Waals surface area contributed by atoms with E-state index in [1.54, 1.807) is 31.2 Å². The second kappa shape index (κ2) is 7.51. The molecule has 2 N–H and O–H groups in total. The fourth-order valence-electron chi connectivity index (χ4n) is 2.67. The van der Waals surface area contributed by atoms with Crippen molar-refractivity contribution in [3.63, 3.8) is 0 Å². The van der Waals surface area contributed by atoms with Crippen LogP contribution in [-0.2, 0) is 4.79 Å². The summed E-state index contributed by atoms with van der Waals surface area (Å²) in [4.78, 5) is 23.8. The van der Waals surface area contributed by atoms with Crippen molar-refractivity contribution in [2.45, 2.75) is 45.2 Å². The SMILES string of the molecule is Cc1ccccc1C(=O)NNC1=C(C(=O)C(F)(F)F)CCCCC1. The minimum absolute atomic E-state index is 0.0565. The molecule has 0 unspecified atom stereocenters. The molecule has 0 fully saturated rings. The second-order valence-corrected chi connectivity index (χ2v) is 5.74. The van der Waals surface area contributed by atoms with Crippen molar-refractivity contribution in [1.29, 1.82) is 0 Å². The summed E-state index contributed by atoms with van der Waals surface area (Å²) in [6.45, 7) is 1.76. The van der Waals surface area contributed by atoms with Gasteiger partial charge in [-0.05, 0) is 44.2 Å². The third-order valence-corrected chi connectivity index (χ3v) is 3.97. The molecule has 7 heteroatoms. The van der Waals surface area contributed by atoms with Crippen molar-refractivity contribution in [1.82, 2.24) is 10.9 Å². The molecule has 1 amide bonds. The van der Waals surface area contributed by atoms with Gasteiger partial charge >= 0.3 is 6.18 Å². The number of carbonyl (C=O) groups is 2. The zero-order valence-corrected chi connectivity index (χ0v) is 13.3. The Morgan fingerprint density at radius 1 is 1.04 bits per heavy atom. The van der Waals surface area contributed by atoms with E-state index in [1.165, 1.54) is 0 Å². The topological polar surface area (TPSA) is 58.2 Å². The summed E-state index contributed by atoms with van der Waals surface area (Å²) in [5.74, 6) is -2.29. The lowest BCUT2D eigenvalue weighted by atomic mass is 10.0. The molecule has 1 aromatic rings. The zero-order valence-electron chi connectivity index (χ0n) is 13.3. The highest BCUT2D eigenvalue weighted by Gasteiger charge is 2.41. The number of allylic oxidation sites excluding steroid dienone is 2. The highest BCUT2D eigenvalue weighted by Crippen LogP contribution is 2.29. The minimum Gasteiger partial charge on any atom is -0.302 e. The van der Waals surface area contributed by atoms with Crippen LogP contribution in [0.25, 0.3) is 0 Å². The first-order valence-electron chi connectivity index (χ1n) is 7.76. The van der Waals surface area contributed by atoms with Gasteiger partial charge in [-0.3, -0.25) is 15.0 Å². The third kappa shape index (κ3) is 4.37. The van der Waals surface area contributed by atoms with Crippen LogP contribution in [0.5, 0.6) is 0 Å². The van der Waals surface area contributed by atoms with Crippen LogP contribution in [0.4, 0.5) is 13.2 Å². The van der Waals surface area contributed by atoms with E-state index in [-0.39, 0.29) is 17.7 Å². The van der Waals surface area contributed by atoms with Gasteiger partial charge in [-0.1, -0.05) is 24.6 Å². The molecule has 0 saturated carbocycles. The van der Waals surface area contributed by atoms with Gasteiger partial charge in [0, 0.05) is 16.8 Å². The number of alkyl halides is 3. The number of ketones is 1. The molecule has 1 aromatic carbocycles. The molecule has 4 nitrogen and oxygen atoms in total. The maximum Gasteiger partial charge on any atom is 0.454 e. The van der Waals surface area contributed by atoms with Crippen LogP contribution in [0, 0.1) is 6.92 Å². The number of hydrazine groups is 1. The molecule has 0 bridgehead atoms. The summed E-state index contributed by atoms with van der Waals surface area (Å²) in [5, 5.41) is 0. The lowest BCUT2D eigenvalue weighted by Crippen LogP contribution is -2.39. The van der Waals surface area contributed by atoms with E-state index in [9.17, 15) is 22.8 Å². The van der Waals surface area contributed by atoms with Gasteiger partial charge in [0.15, 0.2) is 0 Å². The number of amides is 1. The monoisotopic (exact) mass is 340 g/mol. The number of Topliss-reactive ketones (excluding diaryl/α,β-unsaturated/α-hetero) is 1. The Morgan fingerprint density at radius 2 is 1.71 bits per heavy atom. The molecule has 1 aliphatic rings. The average Bonchev–Trinajstić information content (AvgIpc) is 2.76. The molecule has 0 saturated heterocycles. The molecule has 0 atom stereocenters. The molecule has 0 aromatic heterocycles. The number of hydrogen-bond acceptors (Lipinski definition) is 3. The molecule has 0 radical (unpaired) electrons. The number of halogens is 3. The predicted molar refractivity (Wildman–Crippen MR) is 83.0 cm³/mol. The largest absolute Gasteiger partial charge is 0.454 e.